The van der Waals surface area contributed by atoms with Crippen LogP contribution in [0.1, 0.15) is 12.5 Å². The number of nitrogens with one attached hydrogen (secondary N) is 1. The first kappa shape index (κ1) is 9.07. The number of rotatable bonds is 2. The fraction of sp³-hybridized carbons (Fsp3) is 0.222. The van der Waals surface area contributed by atoms with Gasteiger partial charge in [0.1, 0.15) is 10.7 Å². The molecule has 1 aromatic carbocycles. The average Bonchev–Trinajstić information content (AvgIpc) is 2.06. The molecule has 3 N–H and O–H groups in total. The summed E-state index contributed by atoms with van der Waals surface area (Å²) in [5.74, 6) is -0.0321. The Hall–Kier alpha value is -1.02. The summed E-state index contributed by atoms with van der Waals surface area (Å²) in [7, 11) is 0. The molecule has 0 aromatic heterocycles. The number of amidine groups is 1. The molecule has 1 unspecified atom stereocenters. The maximum Gasteiger partial charge on any atom is 0.123 e. The van der Waals surface area contributed by atoms with Gasteiger partial charge in [-0.2, -0.15) is 0 Å². The van der Waals surface area contributed by atoms with Crippen LogP contribution in [0.15, 0.2) is 30.3 Å². The third-order valence-electron chi connectivity index (χ3n) is 1.82. The zero-order chi connectivity index (χ0) is 9.19. The fourth-order valence-electron chi connectivity index (χ4n) is 0.907. The highest BCUT2D eigenvalue weighted by molar-refractivity contribution is 6.34. The SMILES string of the molecule is CC(Cl)(C(=N)N)c1ccccc1. The van der Waals surface area contributed by atoms with Crippen LogP contribution in [0.25, 0.3) is 0 Å². The van der Waals surface area contributed by atoms with Gasteiger partial charge in [0.05, 0.1) is 0 Å². The Kier molecular flexibility index (Phi) is 2.38. The molecule has 0 radical (unpaired) electrons. The van der Waals surface area contributed by atoms with Crippen molar-refractivity contribution in [3.8, 4) is 0 Å². The monoisotopic (exact) mass is 182 g/mol. The Morgan fingerprint density at radius 2 is 1.92 bits per heavy atom. The van der Waals surface area contributed by atoms with Crippen LogP contribution in [0, 0.1) is 5.41 Å². The van der Waals surface area contributed by atoms with Crippen molar-refractivity contribution in [1.29, 1.82) is 5.41 Å². The van der Waals surface area contributed by atoms with Crippen LogP contribution in [-0.4, -0.2) is 5.84 Å². The molecule has 1 atom stereocenters. The van der Waals surface area contributed by atoms with Crippen molar-refractivity contribution in [3.05, 3.63) is 35.9 Å². The molecule has 0 spiro atoms. The van der Waals surface area contributed by atoms with Gasteiger partial charge in [-0.1, -0.05) is 30.3 Å². The van der Waals surface area contributed by atoms with Crippen molar-refractivity contribution in [3.63, 3.8) is 0 Å². The molecular weight excluding hydrogens is 172 g/mol. The maximum absolute atomic E-state index is 7.28. The van der Waals surface area contributed by atoms with E-state index in [0.717, 1.165) is 5.56 Å². The van der Waals surface area contributed by atoms with Crippen LogP contribution in [-0.2, 0) is 4.87 Å². The molecule has 64 valence electrons. The minimum absolute atomic E-state index is 0.0321. The van der Waals surface area contributed by atoms with E-state index in [1.165, 1.54) is 0 Å². The first-order valence-electron chi connectivity index (χ1n) is 3.64. The molecule has 1 rings (SSSR count). The Bertz CT molecular complexity index is 280. The topological polar surface area (TPSA) is 49.9 Å². The van der Waals surface area contributed by atoms with Crippen LogP contribution >= 0.6 is 11.6 Å². The van der Waals surface area contributed by atoms with Gasteiger partial charge >= 0.3 is 0 Å². The van der Waals surface area contributed by atoms with E-state index in [1.807, 2.05) is 30.3 Å². The second-order valence-corrected chi connectivity index (χ2v) is 3.54. The molecule has 3 heteroatoms. The van der Waals surface area contributed by atoms with E-state index < -0.39 is 4.87 Å². The Morgan fingerprint density at radius 3 is 2.33 bits per heavy atom. The van der Waals surface area contributed by atoms with Gasteiger partial charge in [-0.25, -0.2) is 0 Å². The Balaban J connectivity index is 3.06. The molecule has 2 nitrogen and oxygen atoms in total. The largest absolute Gasteiger partial charge is 0.386 e. The molecule has 0 aliphatic rings. The minimum Gasteiger partial charge on any atom is -0.386 e. The van der Waals surface area contributed by atoms with Gasteiger partial charge < -0.3 is 5.73 Å². The van der Waals surface area contributed by atoms with Crippen LogP contribution in [0.3, 0.4) is 0 Å². The summed E-state index contributed by atoms with van der Waals surface area (Å²) < 4.78 is 0. The zero-order valence-electron chi connectivity index (χ0n) is 6.84. The highest BCUT2D eigenvalue weighted by Crippen LogP contribution is 2.27. The lowest BCUT2D eigenvalue weighted by molar-refractivity contribution is 0.894. The van der Waals surface area contributed by atoms with Crippen molar-refractivity contribution in [2.24, 2.45) is 5.73 Å². The number of halogens is 1. The van der Waals surface area contributed by atoms with Crippen molar-refractivity contribution >= 4 is 17.4 Å². The molecule has 0 saturated heterocycles. The van der Waals surface area contributed by atoms with E-state index >= 15 is 0 Å². The lowest BCUT2D eigenvalue weighted by atomic mass is 9.99. The molecule has 0 heterocycles. The number of benzene rings is 1. The van der Waals surface area contributed by atoms with Gasteiger partial charge in [-0.3, -0.25) is 5.41 Å². The number of alkyl halides is 1. The number of hydrogen-bond acceptors (Lipinski definition) is 1. The van der Waals surface area contributed by atoms with Crippen molar-refractivity contribution in [2.75, 3.05) is 0 Å². The van der Waals surface area contributed by atoms with E-state index in [-0.39, 0.29) is 5.84 Å². The number of nitrogens with two attached hydrogens (primary N) is 1. The quantitative estimate of drug-likeness (QED) is 0.411. The van der Waals surface area contributed by atoms with Crippen molar-refractivity contribution in [2.45, 2.75) is 11.8 Å². The van der Waals surface area contributed by atoms with Crippen LogP contribution in [0.2, 0.25) is 0 Å². The third kappa shape index (κ3) is 1.59. The van der Waals surface area contributed by atoms with E-state index in [9.17, 15) is 0 Å². The van der Waals surface area contributed by atoms with Gasteiger partial charge in [0.2, 0.25) is 0 Å². The van der Waals surface area contributed by atoms with Crippen LogP contribution in [0.5, 0.6) is 0 Å². The maximum atomic E-state index is 7.28. The number of hydrogen-bond donors (Lipinski definition) is 2. The summed E-state index contributed by atoms with van der Waals surface area (Å²) in [5, 5.41) is 7.28. The molecule has 0 bridgehead atoms. The molecule has 0 aliphatic carbocycles. The Labute approximate surface area is 76.9 Å². The summed E-state index contributed by atoms with van der Waals surface area (Å²) in [5.41, 5.74) is 6.20. The summed E-state index contributed by atoms with van der Waals surface area (Å²) >= 11 is 6.05. The highest BCUT2D eigenvalue weighted by Gasteiger charge is 2.26. The Morgan fingerprint density at radius 1 is 1.42 bits per heavy atom. The van der Waals surface area contributed by atoms with Gasteiger partial charge in [0, 0.05) is 0 Å². The molecule has 0 amide bonds. The van der Waals surface area contributed by atoms with Gasteiger partial charge in [-0.05, 0) is 12.5 Å². The normalized spacial score (nSPS) is 15.2. The minimum atomic E-state index is -0.874. The first-order chi connectivity index (χ1) is 5.55. The molecular formula is C9H11ClN2. The van der Waals surface area contributed by atoms with Crippen molar-refractivity contribution < 1.29 is 0 Å². The second kappa shape index (κ2) is 3.15. The first-order valence-corrected chi connectivity index (χ1v) is 4.02. The van der Waals surface area contributed by atoms with Gasteiger partial charge in [0.25, 0.3) is 0 Å². The van der Waals surface area contributed by atoms with Gasteiger partial charge in [-0.15, -0.1) is 11.6 Å². The molecule has 0 saturated carbocycles. The smallest absolute Gasteiger partial charge is 0.123 e. The average molecular weight is 183 g/mol. The lowest BCUT2D eigenvalue weighted by Gasteiger charge is -2.20. The summed E-state index contributed by atoms with van der Waals surface area (Å²) in [6.07, 6.45) is 0. The van der Waals surface area contributed by atoms with E-state index in [0.29, 0.717) is 0 Å². The summed E-state index contributed by atoms with van der Waals surface area (Å²) in [4.78, 5) is -0.874. The van der Waals surface area contributed by atoms with E-state index in [4.69, 9.17) is 22.7 Å². The van der Waals surface area contributed by atoms with Crippen LogP contribution in [0.4, 0.5) is 0 Å². The molecule has 0 fully saturated rings. The third-order valence-corrected chi connectivity index (χ3v) is 2.24. The predicted molar refractivity (Wildman–Crippen MR) is 51.6 cm³/mol. The zero-order valence-corrected chi connectivity index (χ0v) is 7.60. The van der Waals surface area contributed by atoms with Crippen molar-refractivity contribution in [1.82, 2.24) is 0 Å². The van der Waals surface area contributed by atoms with Gasteiger partial charge in [0.15, 0.2) is 0 Å². The predicted octanol–water partition coefficient (Wildman–Crippen LogP) is 2.08. The standard InChI is InChI=1S/C9H11ClN2/c1-9(10,8(11)12)7-5-3-2-4-6-7/h2-6H,1H3,(H3,11,12). The van der Waals surface area contributed by atoms with E-state index in [1.54, 1.807) is 6.92 Å². The second-order valence-electron chi connectivity index (χ2n) is 2.78. The van der Waals surface area contributed by atoms with Crippen LogP contribution < -0.4 is 5.73 Å². The fourth-order valence-corrected chi connectivity index (χ4v) is 1.03. The highest BCUT2D eigenvalue weighted by atomic mass is 35.5. The summed E-state index contributed by atoms with van der Waals surface area (Å²) in [6, 6.07) is 9.36. The summed E-state index contributed by atoms with van der Waals surface area (Å²) in [6.45, 7) is 1.71. The molecule has 12 heavy (non-hydrogen) atoms. The molecule has 1 aromatic rings. The molecule has 0 aliphatic heterocycles. The lowest BCUT2D eigenvalue weighted by Crippen LogP contribution is -2.32. The van der Waals surface area contributed by atoms with E-state index in [2.05, 4.69) is 0 Å².